The fourth-order valence-corrected chi connectivity index (χ4v) is 2.83. The van der Waals surface area contributed by atoms with Gasteiger partial charge in [0.05, 0.1) is 5.02 Å². The average Bonchev–Trinajstić information content (AvgIpc) is 3.21. The lowest BCUT2D eigenvalue weighted by Crippen LogP contribution is -2.58. The third-order valence-corrected chi connectivity index (χ3v) is 4.01. The summed E-state index contributed by atoms with van der Waals surface area (Å²) in [6.07, 6.45) is 3.91. The van der Waals surface area contributed by atoms with Gasteiger partial charge in [-0.05, 0) is 18.9 Å². The second-order valence-electron chi connectivity index (χ2n) is 5.30. The number of hydrogen-bond acceptors (Lipinski definition) is 3. The van der Waals surface area contributed by atoms with E-state index < -0.39 is 11.9 Å². The molecule has 1 aromatic heterocycles. The van der Waals surface area contributed by atoms with E-state index in [1.165, 1.54) is 0 Å². The summed E-state index contributed by atoms with van der Waals surface area (Å²) in [5, 5.41) is 3.63. The summed E-state index contributed by atoms with van der Waals surface area (Å²) in [4.78, 5) is 25.7. The maximum absolute atomic E-state index is 12.7. The molecule has 2 aliphatic rings. The number of nitrogens with one attached hydrogen (secondary N) is 1. The highest BCUT2D eigenvalue weighted by atomic mass is 35.5. The number of piperazine rings is 1. The van der Waals surface area contributed by atoms with Crippen molar-refractivity contribution in [3.63, 3.8) is 0 Å². The number of carbonyl (C=O) groups is 2. The summed E-state index contributed by atoms with van der Waals surface area (Å²) in [6, 6.07) is 1.43. The van der Waals surface area contributed by atoms with Gasteiger partial charge >= 0.3 is 0 Å². The van der Waals surface area contributed by atoms with E-state index in [1.807, 2.05) is 4.57 Å². The standard InChI is InChI=1S/C13H17ClN4O2/c14-8-5-10(18(7-8)9-1-2-9)13(20)17-4-3-16-6-11(17)12(15)19/h5,7,9,11,16H,1-4,6H2,(H2,15,19). The van der Waals surface area contributed by atoms with Crippen LogP contribution in [0, 0.1) is 0 Å². The van der Waals surface area contributed by atoms with Crippen molar-refractivity contribution in [2.45, 2.75) is 24.9 Å². The minimum atomic E-state index is -0.599. The van der Waals surface area contributed by atoms with E-state index in [9.17, 15) is 9.59 Å². The monoisotopic (exact) mass is 296 g/mol. The lowest BCUT2D eigenvalue weighted by atomic mass is 10.1. The van der Waals surface area contributed by atoms with Gasteiger partial charge in [-0.15, -0.1) is 0 Å². The first-order chi connectivity index (χ1) is 9.58. The van der Waals surface area contributed by atoms with Gasteiger partial charge in [0.2, 0.25) is 5.91 Å². The fourth-order valence-electron chi connectivity index (χ4n) is 2.62. The van der Waals surface area contributed by atoms with Crippen LogP contribution >= 0.6 is 11.6 Å². The van der Waals surface area contributed by atoms with Crippen molar-refractivity contribution in [2.24, 2.45) is 5.73 Å². The molecule has 1 saturated carbocycles. The van der Waals surface area contributed by atoms with E-state index in [2.05, 4.69) is 5.32 Å². The van der Waals surface area contributed by atoms with Gasteiger partial charge in [-0.25, -0.2) is 0 Å². The van der Waals surface area contributed by atoms with Crippen LogP contribution in [0.25, 0.3) is 0 Å². The van der Waals surface area contributed by atoms with Gasteiger partial charge < -0.3 is 20.5 Å². The normalized spacial score (nSPS) is 22.9. The summed E-state index contributed by atoms with van der Waals surface area (Å²) >= 11 is 6.02. The molecule has 0 aromatic carbocycles. The fraction of sp³-hybridized carbons (Fsp3) is 0.538. The molecular weight excluding hydrogens is 280 g/mol. The third kappa shape index (κ3) is 2.41. The van der Waals surface area contributed by atoms with Gasteiger partial charge in [0.15, 0.2) is 0 Å². The predicted octanol–water partition coefficient (Wildman–Crippen LogP) is 0.376. The first-order valence-corrected chi connectivity index (χ1v) is 7.14. The second-order valence-corrected chi connectivity index (χ2v) is 5.74. The largest absolute Gasteiger partial charge is 0.368 e. The Labute approximate surface area is 121 Å². The van der Waals surface area contributed by atoms with Crippen molar-refractivity contribution >= 4 is 23.4 Å². The molecule has 2 fully saturated rings. The van der Waals surface area contributed by atoms with Crippen LogP contribution in [0.1, 0.15) is 29.4 Å². The SMILES string of the molecule is NC(=O)C1CNCCN1C(=O)c1cc(Cl)cn1C1CC1. The van der Waals surface area contributed by atoms with E-state index in [4.69, 9.17) is 17.3 Å². The van der Waals surface area contributed by atoms with Crippen molar-refractivity contribution in [3.8, 4) is 0 Å². The molecule has 2 amide bonds. The number of halogens is 1. The Kier molecular flexibility index (Phi) is 3.43. The van der Waals surface area contributed by atoms with Gasteiger partial charge in [0, 0.05) is 31.9 Å². The van der Waals surface area contributed by atoms with Crippen LogP contribution in [0.3, 0.4) is 0 Å². The minimum absolute atomic E-state index is 0.172. The molecule has 1 unspecified atom stereocenters. The first kappa shape index (κ1) is 13.5. The topological polar surface area (TPSA) is 80.4 Å². The number of nitrogens with two attached hydrogens (primary N) is 1. The Balaban J connectivity index is 1.89. The van der Waals surface area contributed by atoms with Crippen molar-refractivity contribution in [1.82, 2.24) is 14.8 Å². The smallest absolute Gasteiger partial charge is 0.271 e. The Morgan fingerprint density at radius 2 is 2.15 bits per heavy atom. The van der Waals surface area contributed by atoms with Crippen LogP contribution in [0.4, 0.5) is 0 Å². The number of carbonyl (C=O) groups excluding carboxylic acids is 2. The number of aromatic nitrogens is 1. The molecule has 1 saturated heterocycles. The van der Waals surface area contributed by atoms with Crippen molar-refractivity contribution in [2.75, 3.05) is 19.6 Å². The molecule has 2 heterocycles. The third-order valence-electron chi connectivity index (χ3n) is 3.81. The molecular formula is C13H17ClN4O2. The predicted molar refractivity (Wildman–Crippen MR) is 74.6 cm³/mol. The summed E-state index contributed by atoms with van der Waals surface area (Å²) in [7, 11) is 0. The van der Waals surface area contributed by atoms with Crippen molar-refractivity contribution in [1.29, 1.82) is 0 Å². The van der Waals surface area contributed by atoms with E-state index in [-0.39, 0.29) is 5.91 Å². The number of amides is 2. The molecule has 7 heteroatoms. The number of nitrogens with zero attached hydrogens (tertiary/aromatic N) is 2. The molecule has 1 atom stereocenters. The number of hydrogen-bond donors (Lipinski definition) is 2. The molecule has 0 radical (unpaired) electrons. The number of primary amides is 1. The molecule has 6 nitrogen and oxygen atoms in total. The molecule has 3 N–H and O–H groups in total. The molecule has 20 heavy (non-hydrogen) atoms. The zero-order chi connectivity index (χ0) is 14.3. The van der Waals surface area contributed by atoms with E-state index in [0.717, 1.165) is 12.8 Å². The summed E-state index contributed by atoms with van der Waals surface area (Å²) in [6.45, 7) is 1.53. The van der Waals surface area contributed by atoms with Crippen LogP contribution in [0.15, 0.2) is 12.3 Å². The van der Waals surface area contributed by atoms with Crippen LogP contribution in [0.2, 0.25) is 5.02 Å². The molecule has 108 valence electrons. The highest BCUT2D eigenvalue weighted by Gasteiger charge is 2.35. The Bertz CT molecular complexity index is 553. The Morgan fingerprint density at radius 1 is 1.40 bits per heavy atom. The van der Waals surface area contributed by atoms with Crippen molar-refractivity contribution < 1.29 is 9.59 Å². The summed E-state index contributed by atoms with van der Waals surface area (Å²) in [5.41, 5.74) is 5.93. The Hall–Kier alpha value is -1.53. The van der Waals surface area contributed by atoms with E-state index in [1.54, 1.807) is 17.2 Å². The average molecular weight is 297 g/mol. The van der Waals surface area contributed by atoms with Gasteiger partial charge in [0.25, 0.3) is 5.91 Å². The highest BCUT2D eigenvalue weighted by Crippen LogP contribution is 2.37. The second kappa shape index (κ2) is 5.10. The zero-order valence-electron chi connectivity index (χ0n) is 11.0. The zero-order valence-corrected chi connectivity index (χ0v) is 11.8. The molecule has 1 aromatic rings. The lowest BCUT2D eigenvalue weighted by molar-refractivity contribution is -0.122. The summed E-state index contributed by atoms with van der Waals surface area (Å²) < 4.78 is 1.92. The molecule has 0 bridgehead atoms. The highest BCUT2D eigenvalue weighted by molar-refractivity contribution is 6.31. The van der Waals surface area contributed by atoms with Gasteiger partial charge in [-0.2, -0.15) is 0 Å². The molecule has 1 aliphatic heterocycles. The molecule has 0 spiro atoms. The van der Waals surface area contributed by atoms with Gasteiger partial charge in [-0.1, -0.05) is 11.6 Å². The Morgan fingerprint density at radius 3 is 2.80 bits per heavy atom. The molecule has 3 rings (SSSR count). The van der Waals surface area contributed by atoms with Crippen LogP contribution in [-0.4, -0.2) is 47.0 Å². The maximum Gasteiger partial charge on any atom is 0.271 e. The quantitative estimate of drug-likeness (QED) is 0.846. The molecule has 1 aliphatic carbocycles. The number of rotatable bonds is 3. The summed E-state index contributed by atoms with van der Waals surface area (Å²) in [5.74, 6) is -0.657. The van der Waals surface area contributed by atoms with Crippen molar-refractivity contribution in [3.05, 3.63) is 23.0 Å². The first-order valence-electron chi connectivity index (χ1n) is 6.76. The minimum Gasteiger partial charge on any atom is -0.368 e. The maximum atomic E-state index is 12.7. The van der Waals surface area contributed by atoms with Gasteiger partial charge in [0.1, 0.15) is 11.7 Å². The van der Waals surface area contributed by atoms with Crippen LogP contribution < -0.4 is 11.1 Å². The lowest BCUT2D eigenvalue weighted by Gasteiger charge is -2.34. The van der Waals surface area contributed by atoms with Crippen LogP contribution in [-0.2, 0) is 4.79 Å². The van der Waals surface area contributed by atoms with E-state index >= 15 is 0 Å². The van der Waals surface area contributed by atoms with Gasteiger partial charge in [-0.3, -0.25) is 9.59 Å². The van der Waals surface area contributed by atoms with E-state index in [0.29, 0.717) is 36.4 Å². The van der Waals surface area contributed by atoms with Crippen LogP contribution in [0.5, 0.6) is 0 Å².